The SMILES string of the molecule is Cc1cc(C)cc(NC(N)=NCCNc2ccc(S(C)(=O)=O)cc2[N+](=O)[O-])c1.I. The number of nitrogens with one attached hydrogen (secondary N) is 2. The number of guanidine groups is 1. The molecule has 0 atom stereocenters. The number of rotatable bonds is 7. The molecule has 0 bridgehead atoms. The average molecular weight is 533 g/mol. The lowest BCUT2D eigenvalue weighted by Gasteiger charge is -2.09. The summed E-state index contributed by atoms with van der Waals surface area (Å²) >= 11 is 0. The third kappa shape index (κ3) is 7.49. The van der Waals surface area contributed by atoms with Crippen LogP contribution in [0.2, 0.25) is 0 Å². The van der Waals surface area contributed by atoms with Gasteiger partial charge in [0.2, 0.25) is 0 Å². The van der Waals surface area contributed by atoms with Gasteiger partial charge in [-0.1, -0.05) is 6.07 Å². The van der Waals surface area contributed by atoms with Crippen LogP contribution in [0, 0.1) is 24.0 Å². The van der Waals surface area contributed by atoms with Crippen LogP contribution in [0.25, 0.3) is 0 Å². The first-order chi connectivity index (χ1) is 13.1. The summed E-state index contributed by atoms with van der Waals surface area (Å²) in [5.41, 5.74) is 8.80. The summed E-state index contributed by atoms with van der Waals surface area (Å²) in [4.78, 5) is 14.7. The van der Waals surface area contributed by atoms with Crippen molar-refractivity contribution in [1.82, 2.24) is 0 Å². The Labute approximate surface area is 186 Å². The number of nitro groups is 1. The van der Waals surface area contributed by atoms with Crippen LogP contribution >= 0.6 is 24.0 Å². The van der Waals surface area contributed by atoms with E-state index in [2.05, 4.69) is 15.6 Å². The minimum atomic E-state index is -3.53. The number of nitrogens with zero attached hydrogens (tertiary/aromatic N) is 2. The molecule has 0 fully saturated rings. The highest BCUT2D eigenvalue weighted by Crippen LogP contribution is 2.27. The second-order valence-electron chi connectivity index (χ2n) is 6.40. The molecule has 2 rings (SSSR count). The summed E-state index contributed by atoms with van der Waals surface area (Å²) in [6, 6.07) is 9.67. The molecule has 11 heteroatoms. The number of sulfone groups is 1. The zero-order chi connectivity index (χ0) is 20.9. The lowest BCUT2D eigenvalue weighted by atomic mass is 10.1. The topological polar surface area (TPSA) is 140 Å². The molecule has 2 aromatic carbocycles. The number of anilines is 2. The Morgan fingerprint density at radius 2 is 1.79 bits per heavy atom. The Balaban J connectivity index is 0.00000420. The summed E-state index contributed by atoms with van der Waals surface area (Å²) in [7, 11) is -3.53. The second kappa shape index (κ2) is 10.4. The summed E-state index contributed by atoms with van der Waals surface area (Å²) in [5, 5.41) is 17.1. The number of halogens is 1. The van der Waals surface area contributed by atoms with Crippen molar-refractivity contribution in [3.8, 4) is 0 Å². The maximum absolute atomic E-state index is 11.6. The number of aliphatic imine (C=N–C) groups is 1. The highest BCUT2D eigenvalue weighted by Gasteiger charge is 2.18. The van der Waals surface area contributed by atoms with Crippen LogP contribution in [0.1, 0.15) is 11.1 Å². The molecule has 2 aromatic rings. The van der Waals surface area contributed by atoms with Gasteiger partial charge >= 0.3 is 0 Å². The Morgan fingerprint density at radius 3 is 2.34 bits per heavy atom. The van der Waals surface area contributed by atoms with Crippen LogP contribution in [-0.2, 0) is 9.84 Å². The number of benzene rings is 2. The first kappa shape index (κ1) is 24.6. The summed E-state index contributed by atoms with van der Waals surface area (Å²) in [5.74, 6) is 0.230. The fourth-order valence-electron chi connectivity index (χ4n) is 2.64. The number of nitrogens with two attached hydrogens (primary N) is 1. The van der Waals surface area contributed by atoms with Gasteiger partial charge in [0, 0.05) is 24.6 Å². The largest absolute Gasteiger partial charge is 0.378 e. The maximum Gasteiger partial charge on any atom is 0.293 e. The lowest BCUT2D eigenvalue weighted by molar-refractivity contribution is -0.384. The monoisotopic (exact) mass is 533 g/mol. The van der Waals surface area contributed by atoms with Crippen molar-refractivity contribution in [1.29, 1.82) is 0 Å². The number of hydrogen-bond donors (Lipinski definition) is 3. The van der Waals surface area contributed by atoms with Gasteiger partial charge in [0.05, 0.1) is 16.4 Å². The van der Waals surface area contributed by atoms with Crippen molar-refractivity contribution in [2.45, 2.75) is 18.7 Å². The van der Waals surface area contributed by atoms with Gasteiger partial charge < -0.3 is 16.4 Å². The van der Waals surface area contributed by atoms with E-state index < -0.39 is 14.8 Å². The molecule has 0 aliphatic rings. The van der Waals surface area contributed by atoms with Gasteiger partial charge in [0.1, 0.15) is 5.69 Å². The quantitative estimate of drug-likeness (QED) is 0.124. The van der Waals surface area contributed by atoms with E-state index in [-0.39, 0.29) is 59.3 Å². The van der Waals surface area contributed by atoms with E-state index in [4.69, 9.17) is 5.73 Å². The fourth-order valence-corrected chi connectivity index (χ4v) is 3.28. The third-order valence-corrected chi connectivity index (χ3v) is 4.91. The minimum absolute atomic E-state index is 0. The van der Waals surface area contributed by atoms with Crippen molar-refractivity contribution < 1.29 is 13.3 Å². The Morgan fingerprint density at radius 1 is 1.17 bits per heavy atom. The molecule has 9 nitrogen and oxygen atoms in total. The van der Waals surface area contributed by atoms with Crippen LogP contribution in [0.5, 0.6) is 0 Å². The summed E-state index contributed by atoms with van der Waals surface area (Å²) in [6.07, 6.45) is 0.999. The van der Waals surface area contributed by atoms with Crippen LogP contribution < -0.4 is 16.4 Å². The third-order valence-electron chi connectivity index (χ3n) is 3.80. The van der Waals surface area contributed by atoms with Crippen molar-refractivity contribution in [2.75, 3.05) is 30.0 Å². The van der Waals surface area contributed by atoms with Gasteiger partial charge in [0.25, 0.3) is 5.69 Å². The zero-order valence-electron chi connectivity index (χ0n) is 16.3. The van der Waals surface area contributed by atoms with Gasteiger partial charge in [-0.2, -0.15) is 0 Å². The van der Waals surface area contributed by atoms with Crippen molar-refractivity contribution in [3.05, 3.63) is 57.6 Å². The number of aryl methyl sites for hydroxylation is 2. The lowest BCUT2D eigenvalue weighted by Crippen LogP contribution is -2.24. The van der Waals surface area contributed by atoms with E-state index in [9.17, 15) is 18.5 Å². The highest BCUT2D eigenvalue weighted by molar-refractivity contribution is 14.0. The van der Waals surface area contributed by atoms with Gasteiger partial charge in [-0.05, 0) is 49.2 Å². The standard InChI is InChI=1S/C18H23N5O4S.HI/c1-12-8-13(2)10-14(9-12)22-18(19)21-7-6-20-16-5-4-15(28(3,26)27)11-17(16)23(24)25;/h4-5,8-11,20H,6-7H2,1-3H3,(H3,19,21,22);1H. The van der Waals surface area contributed by atoms with Gasteiger partial charge in [0.15, 0.2) is 15.8 Å². The van der Waals surface area contributed by atoms with Crippen LogP contribution in [-0.4, -0.2) is 38.6 Å². The molecular formula is C18H24IN5O4S. The molecular weight excluding hydrogens is 509 g/mol. The van der Waals surface area contributed by atoms with E-state index in [0.29, 0.717) is 0 Å². The maximum atomic E-state index is 11.6. The predicted molar refractivity (Wildman–Crippen MR) is 126 cm³/mol. The van der Waals surface area contributed by atoms with E-state index in [1.807, 2.05) is 32.0 Å². The van der Waals surface area contributed by atoms with Crippen LogP contribution in [0.4, 0.5) is 17.1 Å². The van der Waals surface area contributed by atoms with Gasteiger partial charge in [-0.15, -0.1) is 24.0 Å². The molecule has 0 aliphatic carbocycles. The van der Waals surface area contributed by atoms with Gasteiger partial charge in [-0.25, -0.2) is 8.42 Å². The second-order valence-corrected chi connectivity index (χ2v) is 8.42. The number of hydrogen-bond acceptors (Lipinski definition) is 6. The smallest absolute Gasteiger partial charge is 0.293 e. The first-order valence-corrected chi connectivity index (χ1v) is 10.3. The molecule has 4 N–H and O–H groups in total. The van der Waals surface area contributed by atoms with Crippen molar-refractivity contribution in [3.63, 3.8) is 0 Å². The normalized spacial score (nSPS) is 11.5. The molecule has 0 saturated carbocycles. The molecule has 0 spiro atoms. The van der Waals surface area contributed by atoms with Crippen molar-refractivity contribution in [2.24, 2.45) is 10.7 Å². The van der Waals surface area contributed by atoms with E-state index in [1.54, 1.807) is 0 Å². The molecule has 0 unspecified atom stereocenters. The van der Waals surface area contributed by atoms with Crippen molar-refractivity contribution >= 4 is 56.8 Å². The fraction of sp³-hybridized carbons (Fsp3) is 0.278. The Kier molecular flexibility index (Phi) is 8.82. The molecule has 0 radical (unpaired) electrons. The molecule has 0 saturated heterocycles. The van der Waals surface area contributed by atoms with Gasteiger partial charge in [-0.3, -0.25) is 15.1 Å². The predicted octanol–water partition coefficient (Wildman–Crippen LogP) is 3.07. The average Bonchev–Trinajstić information content (AvgIpc) is 2.56. The number of nitro benzene ring substituents is 1. The Bertz CT molecular complexity index is 1000. The molecule has 158 valence electrons. The van der Waals surface area contributed by atoms with E-state index in [1.165, 1.54) is 12.1 Å². The molecule has 0 aromatic heterocycles. The summed E-state index contributed by atoms with van der Waals surface area (Å²) < 4.78 is 23.1. The molecule has 0 amide bonds. The minimum Gasteiger partial charge on any atom is -0.378 e. The van der Waals surface area contributed by atoms with Crippen LogP contribution in [0.3, 0.4) is 0 Å². The molecule has 0 aliphatic heterocycles. The summed E-state index contributed by atoms with van der Waals surface area (Å²) in [6.45, 7) is 4.53. The molecule has 29 heavy (non-hydrogen) atoms. The highest BCUT2D eigenvalue weighted by atomic mass is 127. The van der Waals surface area contributed by atoms with E-state index in [0.717, 1.165) is 29.1 Å². The Hall–Kier alpha value is -2.41. The van der Waals surface area contributed by atoms with Crippen LogP contribution in [0.15, 0.2) is 46.3 Å². The zero-order valence-corrected chi connectivity index (χ0v) is 19.4. The first-order valence-electron chi connectivity index (χ1n) is 8.44. The van der Waals surface area contributed by atoms with E-state index >= 15 is 0 Å². The molecule has 0 heterocycles.